The first-order chi connectivity index (χ1) is 23.6. The predicted octanol–water partition coefficient (Wildman–Crippen LogP) is 6.90. The van der Waals surface area contributed by atoms with Gasteiger partial charge in [-0.05, 0) is 95.1 Å². The number of methoxy groups -OCH3 is 1. The fourth-order valence-electron chi connectivity index (χ4n) is 5.92. The van der Waals surface area contributed by atoms with E-state index < -0.39 is 5.91 Å². The van der Waals surface area contributed by atoms with Crippen LogP contribution in [0.3, 0.4) is 0 Å². The Morgan fingerprint density at radius 3 is 2.20 bits per heavy atom. The minimum Gasteiger partial charge on any atom is -0.493 e. The normalized spacial score (nSPS) is 13.3. The van der Waals surface area contributed by atoms with E-state index in [9.17, 15) is 9.59 Å². The zero-order valence-electron chi connectivity index (χ0n) is 29.5. The summed E-state index contributed by atoms with van der Waals surface area (Å²) in [7, 11) is 1.50. The fraction of sp³-hybridized carbons (Fsp3) is 0.368. The molecule has 1 aliphatic heterocycles. The predicted molar refractivity (Wildman–Crippen MR) is 195 cm³/mol. The number of carbonyl (C=O) groups excluding carboxylic acids is 2. The fourth-order valence-corrected chi connectivity index (χ4v) is 5.92. The summed E-state index contributed by atoms with van der Waals surface area (Å²) in [6, 6.07) is 19.5. The van der Waals surface area contributed by atoms with Crippen LogP contribution in [-0.4, -0.2) is 84.0 Å². The average molecular weight is 666 g/mol. The van der Waals surface area contributed by atoms with Crippen molar-refractivity contribution in [2.24, 2.45) is 0 Å². The van der Waals surface area contributed by atoms with Gasteiger partial charge < -0.3 is 29.9 Å². The number of piperazine rings is 1. The first-order valence-corrected chi connectivity index (χ1v) is 16.9. The summed E-state index contributed by atoms with van der Waals surface area (Å²) in [6.45, 7) is 17.4. The van der Waals surface area contributed by atoms with Crippen LogP contribution in [0.5, 0.6) is 17.4 Å². The van der Waals surface area contributed by atoms with Gasteiger partial charge in [0.2, 0.25) is 11.8 Å². The van der Waals surface area contributed by atoms with Gasteiger partial charge in [-0.15, -0.1) is 0 Å². The van der Waals surface area contributed by atoms with Crippen LogP contribution in [0.4, 0.5) is 23.0 Å². The molecule has 0 radical (unpaired) electrons. The maximum atomic E-state index is 13.7. The number of amides is 2. The number of aryl methyl sites for hydroxylation is 2. The summed E-state index contributed by atoms with van der Waals surface area (Å²) >= 11 is 0. The van der Waals surface area contributed by atoms with Crippen LogP contribution in [0.25, 0.3) is 0 Å². The van der Waals surface area contributed by atoms with Crippen LogP contribution in [0.2, 0.25) is 0 Å². The third-order valence-electron chi connectivity index (χ3n) is 8.92. The van der Waals surface area contributed by atoms with Crippen LogP contribution in [0, 0.1) is 13.8 Å². The monoisotopic (exact) mass is 665 g/mol. The van der Waals surface area contributed by atoms with E-state index in [2.05, 4.69) is 56.4 Å². The van der Waals surface area contributed by atoms with Crippen molar-refractivity contribution in [1.82, 2.24) is 19.8 Å². The minimum atomic E-state index is -0.423. The van der Waals surface area contributed by atoms with Gasteiger partial charge in [0.1, 0.15) is 5.56 Å². The molecule has 1 saturated heterocycles. The molecule has 0 spiro atoms. The highest BCUT2D eigenvalue weighted by Gasteiger charge is 2.22. The summed E-state index contributed by atoms with van der Waals surface area (Å²) in [5, 5.41) is 6.26. The van der Waals surface area contributed by atoms with Gasteiger partial charge >= 0.3 is 0 Å². The van der Waals surface area contributed by atoms with Crippen molar-refractivity contribution < 1.29 is 19.1 Å². The van der Waals surface area contributed by atoms with Crippen molar-refractivity contribution in [3.8, 4) is 17.4 Å². The molecular weight excluding hydrogens is 618 g/mol. The zero-order chi connectivity index (χ0) is 35.1. The van der Waals surface area contributed by atoms with Crippen molar-refractivity contribution in [1.29, 1.82) is 0 Å². The van der Waals surface area contributed by atoms with Crippen LogP contribution in [-0.2, 0) is 0 Å². The zero-order valence-corrected chi connectivity index (χ0v) is 29.5. The number of nitrogens with zero attached hydrogens (tertiary/aromatic N) is 5. The van der Waals surface area contributed by atoms with Gasteiger partial charge in [-0.2, -0.15) is 4.98 Å². The van der Waals surface area contributed by atoms with Gasteiger partial charge in [0, 0.05) is 74.1 Å². The summed E-state index contributed by atoms with van der Waals surface area (Å²) in [5.74, 6) is 0.378. The lowest BCUT2D eigenvalue weighted by molar-refractivity contribution is 0.0772. The topological polar surface area (TPSA) is 112 Å². The molecule has 4 aromatic rings. The quantitative estimate of drug-likeness (QED) is 0.167. The van der Waals surface area contributed by atoms with Gasteiger partial charge in [0.15, 0.2) is 11.5 Å². The molecule has 5 rings (SSSR count). The molecule has 0 bridgehead atoms. The van der Waals surface area contributed by atoms with Gasteiger partial charge in [-0.25, -0.2) is 4.98 Å². The molecule has 1 fully saturated rings. The van der Waals surface area contributed by atoms with E-state index in [0.29, 0.717) is 41.9 Å². The summed E-state index contributed by atoms with van der Waals surface area (Å²) in [6.07, 6.45) is 1.45. The second-order valence-electron chi connectivity index (χ2n) is 12.4. The van der Waals surface area contributed by atoms with Gasteiger partial charge in [-0.1, -0.05) is 18.2 Å². The Bertz CT molecular complexity index is 1740. The molecule has 2 amide bonds. The summed E-state index contributed by atoms with van der Waals surface area (Å²) < 4.78 is 11.9. The molecule has 2 heterocycles. The summed E-state index contributed by atoms with van der Waals surface area (Å²) in [4.78, 5) is 42.5. The molecule has 1 aromatic heterocycles. The molecule has 258 valence electrons. The highest BCUT2D eigenvalue weighted by Crippen LogP contribution is 2.35. The van der Waals surface area contributed by atoms with Crippen molar-refractivity contribution in [2.45, 2.75) is 47.6 Å². The average Bonchev–Trinajstić information content (AvgIpc) is 3.11. The molecule has 1 aliphatic rings. The lowest BCUT2D eigenvalue weighted by Gasteiger charge is -2.38. The Morgan fingerprint density at radius 2 is 1.59 bits per heavy atom. The van der Waals surface area contributed by atoms with Crippen molar-refractivity contribution >= 4 is 34.8 Å². The van der Waals surface area contributed by atoms with Crippen LogP contribution in [0.1, 0.15) is 59.5 Å². The SMILES string of the molecule is CCN(CC)C(=O)c1ccc(Oc2nc(Nc3ccc(N4CCN(C(C)C)CC4)cc3)ncc2C(=O)Nc2c(C)cccc2C)c(OC)c1. The first-order valence-electron chi connectivity index (χ1n) is 16.9. The van der Waals surface area contributed by atoms with Crippen LogP contribution in [0.15, 0.2) is 66.9 Å². The van der Waals surface area contributed by atoms with Gasteiger partial charge in [0.05, 0.1) is 7.11 Å². The van der Waals surface area contributed by atoms with E-state index in [-0.39, 0.29) is 23.3 Å². The molecule has 11 nitrogen and oxygen atoms in total. The number of rotatable bonds is 12. The van der Waals surface area contributed by atoms with Crippen molar-refractivity contribution in [2.75, 3.05) is 61.9 Å². The number of hydrogen-bond donors (Lipinski definition) is 2. The number of para-hydroxylation sites is 1. The Kier molecular flexibility index (Phi) is 11.4. The van der Waals surface area contributed by atoms with E-state index in [4.69, 9.17) is 9.47 Å². The van der Waals surface area contributed by atoms with E-state index in [1.807, 2.05) is 58.0 Å². The standard InChI is InChI=1S/C38H47N7O4/c1-8-43(9-2)37(47)28-13-18-32(33(23-28)48-7)49-36-31(35(46)41-34-26(5)11-10-12-27(34)6)24-39-38(42-36)40-29-14-16-30(17-15-29)45-21-19-44(20-22-45)25(3)4/h10-18,23-25H,8-9,19-22H2,1-7H3,(H,41,46)(H,39,40,42). The molecule has 3 aromatic carbocycles. The van der Waals surface area contributed by atoms with Crippen molar-refractivity contribution in [3.05, 3.63) is 89.1 Å². The Morgan fingerprint density at radius 1 is 0.918 bits per heavy atom. The van der Waals surface area contributed by atoms with Crippen molar-refractivity contribution in [3.63, 3.8) is 0 Å². The Hall–Kier alpha value is -5.16. The second kappa shape index (κ2) is 15.8. The third kappa shape index (κ3) is 8.29. The molecule has 0 unspecified atom stereocenters. The number of benzene rings is 3. The minimum absolute atomic E-state index is 0.0296. The largest absolute Gasteiger partial charge is 0.493 e. The number of aromatic nitrogens is 2. The lowest BCUT2D eigenvalue weighted by atomic mass is 10.1. The highest BCUT2D eigenvalue weighted by atomic mass is 16.5. The number of carbonyl (C=O) groups is 2. The molecular formula is C38H47N7O4. The van der Waals surface area contributed by atoms with E-state index in [1.54, 1.807) is 23.1 Å². The smallest absolute Gasteiger partial charge is 0.262 e. The van der Waals surface area contributed by atoms with E-state index in [0.717, 1.165) is 48.7 Å². The summed E-state index contributed by atoms with van der Waals surface area (Å²) in [5.41, 5.74) is 5.12. The third-order valence-corrected chi connectivity index (χ3v) is 8.92. The number of hydrogen-bond acceptors (Lipinski definition) is 9. The van der Waals surface area contributed by atoms with Crippen LogP contribution >= 0.6 is 0 Å². The second-order valence-corrected chi connectivity index (χ2v) is 12.4. The maximum Gasteiger partial charge on any atom is 0.262 e. The van der Waals surface area contributed by atoms with E-state index in [1.165, 1.54) is 13.3 Å². The number of ether oxygens (including phenoxy) is 2. The first kappa shape index (κ1) is 35.2. The molecule has 11 heteroatoms. The number of anilines is 4. The molecule has 0 saturated carbocycles. The van der Waals surface area contributed by atoms with E-state index >= 15 is 0 Å². The molecule has 2 N–H and O–H groups in total. The maximum absolute atomic E-state index is 13.7. The van der Waals surface area contributed by atoms with Gasteiger partial charge in [0.25, 0.3) is 11.8 Å². The Balaban J connectivity index is 1.42. The van der Waals surface area contributed by atoms with Gasteiger partial charge in [-0.3, -0.25) is 14.5 Å². The molecule has 0 atom stereocenters. The van der Waals surface area contributed by atoms with Crippen LogP contribution < -0.4 is 25.0 Å². The molecule has 0 aliphatic carbocycles. The lowest BCUT2D eigenvalue weighted by Crippen LogP contribution is -2.48. The molecule has 49 heavy (non-hydrogen) atoms. The number of nitrogens with one attached hydrogen (secondary N) is 2. The highest BCUT2D eigenvalue weighted by molar-refractivity contribution is 6.06. The Labute approximate surface area is 289 Å².